The number of hydrogen-bond acceptors (Lipinski definition) is 2. The smallest absolute Gasteiger partial charge is 0.123 e. The van der Waals surface area contributed by atoms with Gasteiger partial charge in [0.1, 0.15) is 11.6 Å². The number of hydrogen-bond donors (Lipinski definition) is 1. The highest BCUT2D eigenvalue weighted by molar-refractivity contribution is 5.46. The first kappa shape index (κ1) is 15.5. The number of ether oxygens (including phenoxy) is 1. The van der Waals surface area contributed by atoms with Crippen LogP contribution < -0.4 is 10.1 Å². The minimum absolute atomic E-state index is 0.0380. The first-order valence-corrected chi connectivity index (χ1v) is 7.05. The summed E-state index contributed by atoms with van der Waals surface area (Å²) in [6, 6.07) is 9.25. The number of rotatable bonds is 4. The van der Waals surface area contributed by atoms with Gasteiger partial charge >= 0.3 is 0 Å². The van der Waals surface area contributed by atoms with Gasteiger partial charge in [-0.1, -0.05) is 12.1 Å². The number of methoxy groups -OCH3 is 1. The number of halogens is 1. The minimum Gasteiger partial charge on any atom is -0.496 e. The molecular weight excluding hydrogens is 265 g/mol. The van der Waals surface area contributed by atoms with Crippen LogP contribution >= 0.6 is 0 Å². The Morgan fingerprint density at radius 1 is 1.00 bits per heavy atom. The molecule has 3 heteroatoms. The molecule has 2 rings (SSSR count). The van der Waals surface area contributed by atoms with Crippen molar-refractivity contribution in [3.05, 3.63) is 64.0 Å². The maximum Gasteiger partial charge on any atom is 0.123 e. The molecule has 0 aliphatic carbocycles. The zero-order chi connectivity index (χ0) is 15.6. The summed E-state index contributed by atoms with van der Waals surface area (Å²) in [6.45, 7) is 5.98. The SMILES string of the molecule is CNC(c1cc(C)cc(F)c1)c1cc(C)c(OC)cc1C. The third-order valence-electron chi connectivity index (χ3n) is 3.78. The molecule has 1 atom stereocenters. The number of nitrogens with one attached hydrogen (secondary N) is 1. The number of benzene rings is 2. The van der Waals surface area contributed by atoms with Crippen LogP contribution in [0.5, 0.6) is 5.75 Å². The lowest BCUT2D eigenvalue weighted by Crippen LogP contribution is -2.19. The van der Waals surface area contributed by atoms with Crippen molar-refractivity contribution in [1.82, 2.24) is 5.32 Å². The van der Waals surface area contributed by atoms with E-state index in [1.807, 2.05) is 40.0 Å². The molecule has 0 aromatic heterocycles. The van der Waals surface area contributed by atoms with Crippen LogP contribution in [0.15, 0.2) is 30.3 Å². The van der Waals surface area contributed by atoms with E-state index in [9.17, 15) is 4.39 Å². The molecule has 2 nitrogen and oxygen atoms in total. The first-order chi connectivity index (χ1) is 9.96. The van der Waals surface area contributed by atoms with Gasteiger partial charge in [0.25, 0.3) is 0 Å². The van der Waals surface area contributed by atoms with Gasteiger partial charge in [0.05, 0.1) is 13.2 Å². The molecule has 1 unspecified atom stereocenters. The average Bonchev–Trinajstić information content (AvgIpc) is 2.42. The van der Waals surface area contributed by atoms with Gasteiger partial charge in [-0.25, -0.2) is 4.39 Å². The van der Waals surface area contributed by atoms with Gasteiger partial charge in [0.15, 0.2) is 0 Å². The zero-order valence-electron chi connectivity index (χ0n) is 13.3. The Bertz CT molecular complexity index is 632. The van der Waals surface area contributed by atoms with E-state index in [0.717, 1.165) is 33.6 Å². The molecule has 0 spiro atoms. The summed E-state index contributed by atoms with van der Waals surface area (Å²) >= 11 is 0. The third kappa shape index (κ3) is 3.24. The fourth-order valence-corrected chi connectivity index (χ4v) is 2.78. The summed E-state index contributed by atoms with van der Waals surface area (Å²) in [7, 11) is 3.57. The Morgan fingerprint density at radius 2 is 1.71 bits per heavy atom. The lowest BCUT2D eigenvalue weighted by Gasteiger charge is -2.21. The molecule has 0 bridgehead atoms. The zero-order valence-corrected chi connectivity index (χ0v) is 13.3. The van der Waals surface area contributed by atoms with E-state index in [1.165, 1.54) is 0 Å². The standard InChI is InChI=1S/C18H22FNO/c1-11-6-14(10-15(19)7-11)18(20-4)16-8-13(3)17(21-5)9-12(16)2/h6-10,18,20H,1-5H3. The molecule has 0 aliphatic rings. The summed E-state index contributed by atoms with van der Waals surface area (Å²) < 4.78 is 19.0. The normalized spacial score (nSPS) is 12.3. The second-order valence-corrected chi connectivity index (χ2v) is 5.46. The van der Waals surface area contributed by atoms with Crippen molar-refractivity contribution in [3.8, 4) is 5.75 Å². The molecule has 0 saturated heterocycles. The van der Waals surface area contributed by atoms with E-state index in [4.69, 9.17) is 4.74 Å². The summed E-state index contributed by atoms with van der Waals surface area (Å²) in [4.78, 5) is 0. The van der Waals surface area contributed by atoms with Gasteiger partial charge < -0.3 is 10.1 Å². The Hall–Kier alpha value is -1.87. The average molecular weight is 287 g/mol. The van der Waals surface area contributed by atoms with E-state index in [0.29, 0.717) is 0 Å². The Morgan fingerprint density at radius 3 is 2.29 bits per heavy atom. The summed E-state index contributed by atoms with van der Waals surface area (Å²) in [5.74, 6) is 0.676. The Labute approximate surface area is 126 Å². The molecular formula is C18H22FNO. The highest BCUT2D eigenvalue weighted by Gasteiger charge is 2.17. The van der Waals surface area contributed by atoms with Crippen molar-refractivity contribution in [2.75, 3.05) is 14.2 Å². The molecule has 0 amide bonds. The predicted octanol–water partition coefficient (Wildman–Crippen LogP) is 4.07. The summed E-state index contributed by atoms with van der Waals surface area (Å²) in [6.07, 6.45) is 0. The van der Waals surface area contributed by atoms with Crippen LogP contribution in [0.2, 0.25) is 0 Å². The van der Waals surface area contributed by atoms with E-state index in [1.54, 1.807) is 19.2 Å². The Kier molecular flexibility index (Phi) is 4.63. The molecule has 1 N–H and O–H groups in total. The van der Waals surface area contributed by atoms with Crippen LogP contribution in [0.1, 0.15) is 33.9 Å². The molecule has 2 aromatic rings. The fourth-order valence-electron chi connectivity index (χ4n) is 2.78. The minimum atomic E-state index is -0.201. The third-order valence-corrected chi connectivity index (χ3v) is 3.78. The van der Waals surface area contributed by atoms with Crippen LogP contribution in [0, 0.1) is 26.6 Å². The largest absolute Gasteiger partial charge is 0.496 e. The molecule has 0 radical (unpaired) electrons. The number of aryl methyl sites for hydroxylation is 3. The summed E-state index contributed by atoms with van der Waals surface area (Å²) in [5, 5.41) is 3.29. The highest BCUT2D eigenvalue weighted by Crippen LogP contribution is 2.30. The summed E-state index contributed by atoms with van der Waals surface area (Å²) in [5.41, 5.74) is 5.20. The highest BCUT2D eigenvalue weighted by atomic mass is 19.1. The van der Waals surface area contributed by atoms with Crippen LogP contribution in [0.3, 0.4) is 0 Å². The van der Waals surface area contributed by atoms with Gasteiger partial charge in [-0.15, -0.1) is 0 Å². The molecule has 0 aliphatic heterocycles. The van der Waals surface area contributed by atoms with E-state index < -0.39 is 0 Å². The maximum atomic E-state index is 13.7. The predicted molar refractivity (Wildman–Crippen MR) is 84.5 cm³/mol. The van der Waals surface area contributed by atoms with E-state index in [-0.39, 0.29) is 11.9 Å². The molecule has 112 valence electrons. The van der Waals surface area contributed by atoms with Crippen LogP contribution in [0.4, 0.5) is 4.39 Å². The monoisotopic (exact) mass is 287 g/mol. The lowest BCUT2D eigenvalue weighted by molar-refractivity contribution is 0.411. The van der Waals surface area contributed by atoms with Crippen LogP contribution in [0.25, 0.3) is 0 Å². The van der Waals surface area contributed by atoms with Crippen LogP contribution in [-0.4, -0.2) is 14.2 Å². The van der Waals surface area contributed by atoms with Gasteiger partial charge in [-0.2, -0.15) is 0 Å². The molecule has 0 fully saturated rings. The lowest BCUT2D eigenvalue weighted by atomic mass is 9.92. The van der Waals surface area contributed by atoms with E-state index in [2.05, 4.69) is 11.4 Å². The second-order valence-electron chi connectivity index (χ2n) is 5.46. The van der Waals surface area contributed by atoms with Gasteiger partial charge in [-0.3, -0.25) is 0 Å². The molecule has 2 aromatic carbocycles. The molecule has 21 heavy (non-hydrogen) atoms. The fraction of sp³-hybridized carbons (Fsp3) is 0.333. The quantitative estimate of drug-likeness (QED) is 0.915. The Balaban J connectivity index is 2.53. The van der Waals surface area contributed by atoms with Gasteiger partial charge in [-0.05, 0) is 73.8 Å². The first-order valence-electron chi connectivity index (χ1n) is 7.05. The van der Waals surface area contributed by atoms with E-state index >= 15 is 0 Å². The topological polar surface area (TPSA) is 21.3 Å². The second kappa shape index (κ2) is 6.27. The van der Waals surface area contributed by atoms with Gasteiger partial charge in [0.2, 0.25) is 0 Å². The van der Waals surface area contributed by atoms with Crippen molar-refractivity contribution < 1.29 is 9.13 Å². The van der Waals surface area contributed by atoms with Crippen molar-refractivity contribution in [2.45, 2.75) is 26.8 Å². The van der Waals surface area contributed by atoms with Crippen molar-refractivity contribution in [2.24, 2.45) is 0 Å². The maximum absolute atomic E-state index is 13.7. The van der Waals surface area contributed by atoms with Crippen LogP contribution in [-0.2, 0) is 0 Å². The molecule has 0 saturated carbocycles. The van der Waals surface area contributed by atoms with Gasteiger partial charge in [0, 0.05) is 0 Å². The van der Waals surface area contributed by atoms with Crippen molar-refractivity contribution in [3.63, 3.8) is 0 Å². The molecule has 0 heterocycles. The van der Waals surface area contributed by atoms with Crippen molar-refractivity contribution >= 4 is 0 Å². The van der Waals surface area contributed by atoms with Crippen molar-refractivity contribution in [1.29, 1.82) is 0 Å².